The van der Waals surface area contributed by atoms with Crippen molar-refractivity contribution in [3.8, 4) is 0 Å². The van der Waals surface area contributed by atoms with E-state index < -0.39 is 29.2 Å². The Labute approximate surface area is 94.1 Å². The zero-order chi connectivity index (χ0) is 13.2. The number of aromatic carboxylic acids is 1. The van der Waals surface area contributed by atoms with Crippen molar-refractivity contribution in [2.75, 3.05) is 5.32 Å². The van der Waals surface area contributed by atoms with Crippen LogP contribution in [0.2, 0.25) is 0 Å². The molecule has 0 atom stereocenters. The number of hydrogen-bond donors (Lipinski definition) is 2. The number of carbonyl (C=O) groups is 2. The molecule has 0 aromatic heterocycles. The maximum atomic E-state index is 12.3. The Bertz CT molecular complexity index is 468. The molecule has 0 aliphatic carbocycles. The second-order valence-corrected chi connectivity index (χ2v) is 3.24. The molecule has 0 saturated heterocycles. The van der Waals surface area contributed by atoms with Gasteiger partial charge in [0.25, 0.3) is 0 Å². The third-order valence-corrected chi connectivity index (χ3v) is 1.89. The molecule has 0 bridgehead atoms. The van der Waals surface area contributed by atoms with Gasteiger partial charge in [-0.15, -0.1) is 0 Å². The van der Waals surface area contributed by atoms with Gasteiger partial charge in [0.1, 0.15) is 0 Å². The molecule has 1 aromatic rings. The molecule has 7 heteroatoms. The minimum atomic E-state index is -4.63. The van der Waals surface area contributed by atoms with E-state index in [1.165, 1.54) is 0 Å². The monoisotopic (exact) mass is 247 g/mol. The van der Waals surface area contributed by atoms with Gasteiger partial charge < -0.3 is 10.4 Å². The van der Waals surface area contributed by atoms with Crippen molar-refractivity contribution in [3.05, 3.63) is 29.3 Å². The van der Waals surface area contributed by atoms with Crippen molar-refractivity contribution < 1.29 is 27.9 Å². The van der Waals surface area contributed by atoms with E-state index in [0.29, 0.717) is 12.1 Å². The number of carbonyl (C=O) groups excluding carboxylic acids is 1. The first-order chi connectivity index (χ1) is 7.71. The van der Waals surface area contributed by atoms with Crippen LogP contribution in [0.1, 0.15) is 22.8 Å². The maximum absolute atomic E-state index is 12.3. The molecular formula is C10H8F3NO3. The minimum absolute atomic E-state index is 0.169. The van der Waals surface area contributed by atoms with E-state index in [0.717, 1.165) is 13.0 Å². The molecule has 92 valence electrons. The number of carboxylic acids is 1. The molecule has 17 heavy (non-hydrogen) atoms. The first kappa shape index (κ1) is 13.0. The van der Waals surface area contributed by atoms with Crippen molar-refractivity contribution in [1.29, 1.82) is 0 Å². The molecule has 1 rings (SSSR count). The average Bonchev–Trinajstić information content (AvgIpc) is 2.15. The lowest BCUT2D eigenvalue weighted by Gasteiger charge is -2.11. The van der Waals surface area contributed by atoms with Crippen LogP contribution in [-0.4, -0.2) is 17.0 Å². The van der Waals surface area contributed by atoms with Crippen LogP contribution >= 0.6 is 0 Å². The molecule has 4 nitrogen and oxygen atoms in total. The van der Waals surface area contributed by atoms with Gasteiger partial charge in [-0.1, -0.05) is 0 Å². The number of carboxylic acid groups (broad SMARTS) is 1. The molecule has 2 N–H and O–H groups in total. The molecule has 1 amide bonds. The summed E-state index contributed by atoms with van der Waals surface area (Å²) in [4.78, 5) is 21.5. The van der Waals surface area contributed by atoms with Crippen LogP contribution in [0.3, 0.4) is 0 Å². The topological polar surface area (TPSA) is 66.4 Å². The van der Waals surface area contributed by atoms with Gasteiger partial charge in [-0.05, 0) is 18.2 Å². The lowest BCUT2D eigenvalue weighted by molar-refractivity contribution is -0.137. The van der Waals surface area contributed by atoms with E-state index in [2.05, 4.69) is 5.32 Å². The van der Waals surface area contributed by atoms with Gasteiger partial charge in [-0.25, -0.2) is 4.79 Å². The maximum Gasteiger partial charge on any atom is 0.416 e. The molecule has 0 radical (unpaired) electrons. The lowest BCUT2D eigenvalue weighted by atomic mass is 10.1. The summed E-state index contributed by atoms with van der Waals surface area (Å²) in [5, 5.41) is 10.9. The first-order valence-corrected chi connectivity index (χ1v) is 4.44. The van der Waals surface area contributed by atoms with Gasteiger partial charge in [0, 0.05) is 6.92 Å². The van der Waals surface area contributed by atoms with Crippen molar-refractivity contribution in [1.82, 2.24) is 0 Å². The number of halogens is 3. The number of benzene rings is 1. The summed E-state index contributed by atoms with van der Waals surface area (Å²) in [6.45, 7) is 1.13. The molecule has 0 aliphatic rings. The summed E-state index contributed by atoms with van der Waals surface area (Å²) < 4.78 is 37.0. The number of anilines is 1. The van der Waals surface area contributed by atoms with Gasteiger partial charge in [0.2, 0.25) is 5.91 Å². The first-order valence-electron chi connectivity index (χ1n) is 4.44. The smallest absolute Gasteiger partial charge is 0.416 e. The molecule has 1 aromatic carbocycles. The highest BCUT2D eigenvalue weighted by Crippen LogP contribution is 2.31. The van der Waals surface area contributed by atoms with Crippen molar-refractivity contribution >= 4 is 17.6 Å². The van der Waals surface area contributed by atoms with Crippen molar-refractivity contribution in [2.45, 2.75) is 13.1 Å². The van der Waals surface area contributed by atoms with E-state index in [1.54, 1.807) is 0 Å². The second-order valence-electron chi connectivity index (χ2n) is 3.24. The Morgan fingerprint density at radius 2 is 1.88 bits per heavy atom. The highest BCUT2D eigenvalue weighted by atomic mass is 19.4. The number of hydrogen-bond acceptors (Lipinski definition) is 2. The molecule has 0 saturated carbocycles. The SMILES string of the molecule is CC(=O)Nc1ccc(C(F)(F)F)cc1C(=O)O. The van der Waals surface area contributed by atoms with E-state index in [9.17, 15) is 22.8 Å². The van der Waals surface area contributed by atoms with Crippen LogP contribution in [-0.2, 0) is 11.0 Å². The van der Waals surface area contributed by atoms with Gasteiger partial charge in [0.15, 0.2) is 0 Å². The predicted molar refractivity (Wildman–Crippen MR) is 52.7 cm³/mol. The van der Waals surface area contributed by atoms with Crippen molar-refractivity contribution in [2.24, 2.45) is 0 Å². The fourth-order valence-corrected chi connectivity index (χ4v) is 1.20. The van der Waals surface area contributed by atoms with Crippen LogP contribution in [0.5, 0.6) is 0 Å². The number of alkyl halides is 3. The minimum Gasteiger partial charge on any atom is -0.478 e. The normalized spacial score (nSPS) is 11.1. The summed E-state index contributed by atoms with van der Waals surface area (Å²) in [6.07, 6.45) is -4.63. The lowest BCUT2D eigenvalue weighted by Crippen LogP contribution is -2.13. The van der Waals surface area contributed by atoms with E-state index >= 15 is 0 Å². The van der Waals surface area contributed by atoms with Crippen LogP contribution in [0, 0.1) is 0 Å². The summed E-state index contributed by atoms with van der Waals surface area (Å²) in [6, 6.07) is 2.10. The van der Waals surface area contributed by atoms with Crippen LogP contribution < -0.4 is 5.32 Å². The standard InChI is InChI=1S/C10H8F3NO3/c1-5(15)14-8-3-2-6(10(11,12)13)4-7(8)9(16)17/h2-4H,1H3,(H,14,15)(H,16,17). The summed E-state index contributed by atoms with van der Waals surface area (Å²) in [5.41, 5.74) is -1.85. The summed E-state index contributed by atoms with van der Waals surface area (Å²) in [7, 11) is 0. The van der Waals surface area contributed by atoms with E-state index in [-0.39, 0.29) is 5.69 Å². The highest BCUT2D eigenvalue weighted by molar-refractivity contribution is 6.00. The van der Waals surface area contributed by atoms with Gasteiger partial charge >= 0.3 is 12.1 Å². The molecule has 0 spiro atoms. The van der Waals surface area contributed by atoms with Crippen molar-refractivity contribution in [3.63, 3.8) is 0 Å². The highest BCUT2D eigenvalue weighted by Gasteiger charge is 2.31. The Morgan fingerprint density at radius 1 is 1.29 bits per heavy atom. The number of nitrogens with one attached hydrogen (secondary N) is 1. The van der Waals surface area contributed by atoms with Crippen LogP contribution in [0.25, 0.3) is 0 Å². The van der Waals surface area contributed by atoms with Crippen LogP contribution in [0.15, 0.2) is 18.2 Å². The molecule has 0 heterocycles. The fourth-order valence-electron chi connectivity index (χ4n) is 1.20. The quantitative estimate of drug-likeness (QED) is 0.843. The third kappa shape index (κ3) is 3.20. The van der Waals surface area contributed by atoms with Gasteiger partial charge in [-0.3, -0.25) is 4.79 Å². The third-order valence-electron chi connectivity index (χ3n) is 1.89. The molecule has 0 aliphatic heterocycles. The predicted octanol–water partition coefficient (Wildman–Crippen LogP) is 2.36. The van der Waals surface area contributed by atoms with E-state index in [4.69, 9.17) is 5.11 Å². The summed E-state index contributed by atoms with van der Waals surface area (Å²) in [5.74, 6) is -2.10. The Balaban J connectivity index is 3.27. The number of rotatable bonds is 2. The average molecular weight is 247 g/mol. The zero-order valence-corrected chi connectivity index (χ0v) is 8.63. The number of amides is 1. The van der Waals surface area contributed by atoms with E-state index in [1.807, 2.05) is 0 Å². The zero-order valence-electron chi connectivity index (χ0n) is 8.63. The Hall–Kier alpha value is -2.05. The van der Waals surface area contributed by atoms with Gasteiger partial charge in [0.05, 0.1) is 16.8 Å². The molecular weight excluding hydrogens is 239 g/mol. The van der Waals surface area contributed by atoms with Crippen LogP contribution in [0.4, 0.5) is 18.9 Å². The van der Waals surface area contributed by atoms with Gasteiger partial charge in [-0.2, -0.15) is 13.2 Å². The Kier molecular flexibility index (Phi) is 3.40. The Morgan fingerprint density at radius 3 is 2.29 bits per heavy atom. The largest absolute Gasteiger partial charge is 0.478 e. The second kappa shape index (κ2) is 4.44. The summed E-state index contributed by atoms with van der Waals surface area (Å²) >= 11 is 0. The molecule has 0 fully saturated rings. The molecule has 0 unspecified atom stereocenters. The fraction of sp³-hybridized carbons (Fsp3) is 0.200.